The van der Waals surface area contributed by atoms with Gasteiger partial charge in [0, 0.05) is 0 Å². The fraction of sp³-hybridized carbons (Fsp3) is 0.632. The summed E-state index contributed by atoms with van der Waals surface area (Å²) in [6.45, 7) is 0. The van der Waals surface area contributed by atoms with Gasteiger partial charge in [-0.05, 0) is 30.9 Å². The molecule has 4 nitrogen and oxygen atoms in total. The molecule has 1 aromatic rings. The van der Waals surface area contributed by atoms with E-state index in [-0.39, 0.29) is 5.52 Å². The summed E-state index contributed by atoms with van der Waals surface area (Å²) in [5.74, 6) is 1.74. The lowest BCUT2D eigenvalue weighted by atomic mass is 10.0. The Morgan fingerprint density at radius 2 is 1.71 bits per heavy atom. The van der Waals surface area contributed by atoms with Crippen LogP contribution < -0.4 is 9.47 Å². The Labute approximate surface area is 145 Å². The summed E-state index contributed by atoms with van der Waals surface area (Å²) in [5, 5.41) is 0. The number of hydrogen-bond donors (Lipinski definition) is 0. The first-order valence-electron chi connectivity index (χ1n) is 8.87. The third-order valence-electron chi connectivity index (χ3n) is 4.82. The largest absolute Gasteiger partial charge is 0.496 e. The first-order chi connectivity index (χ1) is 11.7. The predicted molar refractivity (Wildman–Crippen MR) is 96.8 cm³/mol. The van der Waals surface area contributed by atoms with Crippen LogP contribution in [0, 0.1) is 5.92 Å². The van der Waals surface area contributed by atoms with E-state index in [0.717, 1.165) is 18.8 Å². The number of methoxy groups -OCH3 is 2. The van der Waals surface area contributed by atoms with Crippen molar-refractivity contribution >= 4 is 13.3 Å². The van der Waals surface area contributed by atoms with E-state index >= 15 is 0 Å². The van der Waals surface area contributed by atoms with Crippen LogP contribution in [0.25, 0.3) is 0 Å². The van der Waals surface area contributed by atoms with Crippen LogP contribution in [0.5, 0.6) is 11.5 Å². The maximum Gasteiger partial charge on any atom is 0.420 e. The molecule has 2 rings (SSSR count). The molecular weight excluding hydrogens is 323 g/mol. The number of carbonyl (C=O) groups is 1. The molecule has 132 valence electrons. The molecular formula is C19H28O4P+. The molecule has 0 saturated heterocycles. The first kappa shape index (κ1) is 18.9. The SMILES string of the molecule is COc1cccc(OC)c1C(=O)[P+](=O)CCCCCC1CCCC1. The molecule has 1 aromatic carbocycles. The van der Waals surface area contributed by atoms with Crippen LogP contribution in [0.1, 0.15) is 61.7 Å². The molecule has 0 bridgehead atoms. The quantitative estimate of drug-likeness (QED) is 0.417. The van der Waals surface area contributed by atoms with Gasteiger partial charge in [-0.3, -0.25) is 0 Å². The smallest absolute Gasteiger partial charge is 0.420 e. The standard InChI is InChI=1S/C19H28O4P/c1-22-16-12-8-13-17(23-2)18(16)19(20)24(21)14-7-3-4-9-15-10-5-6-11-15/h8,12-13,15H,3-7,9-11,14H2,1-2H3/q+1. The van der Waals surface area contributed by atoms with Crippen molar-refractivity contribution in [1.82, 2.24) is 0 Å². The van der Waals surface area contributed by atoms with Crippen LogP contribution >= 0.6 is 7.80 Å². The van der Waals surface area contributed by atoms with Crippen molar-refractivity contribution in [2.45, 2.75) is 51.4 Å². The number of carbonyl (C=O) groups excluding carboxylic acids is 1. The lowest BCUT2D eigenvalue weighted by Gasteiger charge is -2.08. The van der Waals surface area contributed by atoms with E-state index in [4.69, 9.17) is 9.47 Å². The summed E-state index contributed by atoms with van der Waals surface area (Å²) in [7, 11) is 1.07. The molecule has 1 aliphatic rings. The molecule has 1 fully saturated rings. The zero-order valence-corrected chi connectivity index (χ0v) is 15.6. The van der Waals surface area contributed by atoms with Gasteiger partial charge in [0.05, 0.1) is 14.2 Å². The maximum absolute atomic E-state index is 12.5. The van der Waals surface area contributed by atoms with Crippen LogP contribution in [0.2, 0.25) is 0 Å². The van der Waals surface area contributed by atoms with Gasteiger partial charge < -0.3 is 9.47 Å². The van der Waals surface area contributed by atoms with Crippen LogP contribution in [0.3, 0.4) is 0 Å². The van der Waals surface area contributed by atoms with Gasteiger partial charge in [0.2, 0.25) is 0 Å². The summed E-state index contributed by atoms with van der Waals surface area (Å²) in [5.41, 5.74) is -0.0651. The van der Waals surface area contributed by atoms with Crippen LogP contribution in [0.4, 0.5) is 0 Å². The van der Waals surface area contributed by atoms with Gasteiger partial charge in [0.15, 0.2) is 11.7 Å². The molecule has 0 amide bonds. The van der Waals surface area contributed by atoms with Gasteiger partial charge in [-0.25, -0.2) is 4.79 Å². The summed E-state index contributed by atoms with van der Waals surface area (Å²) in [6.07, 6.45) is 10.3. The van der Waals surface area contributed by atoms with Crippen molar-refractivity contribution in [3.8, 4) is 11.5 Å². The molecule has 5 heteroatoms. The number of hydrogen-bond acceptors (Lipinski definition) is 4. The Kier molecular flexibility index (Phi) is 7.71. The minimum absolute atomic E-state index is 0.301. The van der Waals surface area contributed by atoms with Crippen molar-refractivity contribution < 1.29 is 18.8 Å². The van der Waals surface area contributed by atoms with E-state index in [1.807, 2.05) is 0 Å². The Bertz CT molecular complexity index is 542. The highest BCUT2D eigenvalue weighted by Crippen LogP contribution is 2.38. The highest BCUT2D eigenvalue weighted by Gasteiger charge is 2.34. The second kappa shape index (κ2) is 9.78. The summed E-state index contributed by atoms with van der Waals surface area (Å²) >= 11 is 0. The molecule has 0 N–H and O–H groups in total. The van der Waals surface area contributed by atoms with Gasteiger partial charge in [-0.2, -0.15) is 0 Å². The van der Waals surface area contributed by atoms with Crippen molar-refractivity contribution in [1.29, 1.82) is 0 Å². The van der Waals surface area contributed by atoms with Crippen molar-refractivity contribution in [2.24, 2.45) is 5.92 Å². The van der Waals surface area contributed by atoms with Crippen LogP contribution in [-0.4, -0.2) is 25.9 Å². The minimum Gasteiger partial charge on any atom is -0.496 e. The van der Waals surface area contributed by atoms with Crippen molar-refractivity contribution in [3.05, 3.63) is 23.8 Å². The summed E-state index contributed by atoms with van der Waals surface area (Å²) < 4.78 is 22.8. The summed E-state index contributed by atoms with van der Waals surface area (Å²) in [6, 6.07) is 5.14. The third-order valence-corrected chi connectivity index (χ3v) is 6.22. The normalized spacial score (nSPS) is 15.3. The molecule has 0 heterocycles. The van der Waals surface area contributed by atoms with E-state index < -0.39 is 7.80 Å². The van der Waals surface area contributed by atoms with Gasteiger partial charge in [-0.1, -0.05) is 49.2 Å². The fourth-order valence-electron chi connectivity index (χ4n) is 3.45. The highest BCUT2D eigenvalue weighted by molar-refractivity contribution is 7.64. The number of rotatable bonds is 10. The average Bonchev–Trinajstić information content (AvgIpc) is 3.13. The molecule has 0 radical (unpaired) electrons. The lowest BCUT2D eigenvalue weighted by molar-refractivity contribution is 0.107. The molecule has 0 spiro atoms. The second-order valence-corrected chi connectivity index (χ2v) is 8.06. The molecule has 1 saturated carbocycles. The number of ether oxygens (including phenoxy) is 2. The van der Waals surface area contributed by atoms with E-state index in [9.17, 15) is 9.36 Å². The average molecular weight is 351 g/mol. The van der Waals surface area contributed by atoms with Gasteiger partial charge in [-0.15, -0.1) is 0 Å². The predicted octanol–water partition coefficient (Wildman–Crippen LogP) is 5.42. The Morgan fingerprint density at radius 3 is 2.29 bits per heavy atom. The molecule has 1 aliphatic carbocycles. The van der Waals surface area contributed by atoms with Crippen molar-refractivity contribution in [3.63, 3.8) is 0 Å². The van der Waals surface area contributed by atoms with Crippen LogP contribution in [-0.2, 0) is 4.57 Å². The molecule has 0 aromatic heterocycles. The number of unbranched alkanes of at least 4 members (excludes halogenated alkanes) is 2. The van der Waals surface area contributed by atoms with Gasteiger partial charge in [0.25, 0.3) is 0 Å². The van der Waals surface area contributed by atoms with Crippen molar-refractivity contribution in [2.75, 3.05) is 20.4 Å². The zero-order valence-electron chi connectivity index (χ0n) is 14.8. The van der Waals surface area contributed by atoms with E-state index in [2.05, 4.69) is 0 Å². The summed E-state index contributed by atoms with van der Waals surface area (Å²) in [4.78, 5) is 12.5. The van der Waals surface area contributed by atoms with Gasteiger partial charge >= 0.3 is 13.3 Å². The third kappa shape index (κ3) is 5.04. The maximum atomic E-state index is 12.5. The van der Waals surface area contributed by atoms with Gasteiger partial charge in [0.1, 0.15) is 11.5 Å². The Hall–Kier alpha value is -1.41. The first-order valence-corrected chi connectivity index (χ1v) is 10.3. The lowest BCUT2D eigenvalue weighted by Crippen LogP contribution is -2.03. The van der Waals surface area contributed by atoms with E-state index in [1.165, 1.54) is 52.7 Å². The zero-order chi connectivity index (χ0) is 17.4. The fourth-order valence-corrected chi connectivity index (χ4v) is 4.64. The number of benzene rings is 1. The van der Waals surface area contributed by atoms with E-state index in [1.54, 1.807) is 18.2 Å². The topological polar surface area (TPSA) is 52.6 Å². The van der Waals surface area contributed by atoms with E-state index in [0.29, 0.717) is 23.2 Å². The molecule has 1 atom stereocenters. The second-order valence-electron chi connectivity index (χ2n) is 6.44. The van der Waals surface area contributed by atoms with Crippen LogP contribution in [0.15, 0.2) is 18.2 Å². The monoisotopic (exact) mass is 351 g/mol. The molecule has 1 unspecified atom stereocenters. The Balaban J connectivity index is 1.82. The molecule has 0 aliphatic heterocycles. The Morgan fingerprint density at radius 1 is 1.08 bits per heavy atom. The highest BCUT2D eigenvalue weighted by atomic mass is 31.1. The minimum atomic E-state index is -1.94. The molecule has 24 heavy (non-hydrogen) atoms.